The normalized spacial score (nSPS) is 14.2. The minimum absolute atomic E-state index is 0.173. The van der Waals surface area contributed by atoms with E-state index in [1.54, 1.807) is 35.0 Å². The number of aromatic nitrogens is 5. The molecule has 10 heteroatoms. The molecule has 0 unspecified atom stereocenters. The van der Waals surface area contributed by atoms with Crippen LogP contribution in [0, 0.1) is 11.6 Å². The molecule has 1 fully saturated rings. The Morgan fingerprint density at radius 3 is 2.61 bits per heavy atom. The second-order valence-electron chi connectivity index (χ2n) is 7.01. The highest BCUT2D eigenvalue weighted by atomic mass is 19.1. The number of benzene rings is 1. The number of rotatable bonds is 5. The Morgan fingerprint density at radius 2 is 1.84 bits per heavy atom. The molecular weight excluding hydrogens is 406 g/mol. The molecule has 0 spiro atoms. The van der Waals surface area contributed by atoms with Gasteiger partial charge < -0.3 is 14.2 Å². The molecule has 4 aromatic rings. The lowest BCUT2D eigenvalue weighted by Gasteiger charge is -2.27. The monoisotopic (exact) mass is 424 g/mol. The molecule has 0 amide bonds. The molecule has 8 nitrogen and oxygen atoms in total. The van der Waals surface area contributed by atoms with Crippen molar-refractivity contribution in [3.63, 3.8) is 0 Å². The van der Waals surface area contributed by atoms with Crippen molar-refractivity contribution in [2.45, 2.75) is 6.54 Å². The molecule has 0 N–H and O–H groups in total. The zero-order valence-electron chi connectivity index (χ0n) is 16.4. The molecule has 1 aliphatic heterocycles. The minimum atomic E-state index is -0.506. The average Bonchev–Trinajstić information content (AvgIpc) is 3.46. The first-order valence-corrected chi connectivity index (χ1v) is 9.76. The highest BCUT2D eigenvalue weighted by Crippen LogP contribution is 2.27. The number of hydrogen-bond donors (Lipinski definition) is 0. The van der Waals surface area contributed by atoms with Gasteiger partial charge in [0.25, 0.3) is 0 Å². The van der Waals surface area contributed by atoms with Gasteiger partial charge >= 0.3 is 0 Å². The summed E-state index contributed by atoms with van der Waals surface area (Å²) < 4.78 is 40.5. The van der Waals surface area contributed by atoms with Crippen molar-refractivity contribution in [3.05, 3.63) is 66.1 Å². The van der Waals surface area contributed by atoms with Crippen LogP contribution in [0.1, 0.15) is 5.56 Å². The first-order valence-electron chi connectivity index (χ1n) is 9.76. The van der Waals surface area contributed by atoms with Gasteiger partial charge in [0.05, 0.1) is 31.6 Å². The van der Waals surface area contributed by atoms with E-state index in [-0.39, 0.29) is 24.0 Å². The molecule has 3 aromatic heterocycles. The summed E-state index contributed by atoms with van der Waals surface area (Å²) in [5, 5.41) is 8.54. The third-order valence-electron chi connectivity index (χ3n) is 5.02. The van der Waals surface area contributed by atoms with E-state index in [0.29, 0.717) is 48.9 Å². The quantitative estimate of drug-likeness (QED) is 0.487. The van der Waals surface area contributed by atoms with Gasteiger partial charge in [-0.15, -0.1) is 0 Å². The fourth-order valence-corrected chi connectivity index (χ4v) is 3.46. The molecule has 0 aliphatic carbocycles. The standard InChI is InChI=1S/C21H18F2N6O2/c22-15-4-2-1-3-14(15)13-29-19(17-5-8-31-27-17)11-18(26-29)20-24-12-16(23)21(25-20)28-6-9-30-10-7-28/h1-5,8,11-12H,6-7,9-10,13H2. The van der Waals surface area contributed by atoms with Crippen molar-refractivity contribution in [3.8, 4) is 22.9 Å². The number of ether oxygens (including phenoxy) is 1. The molecule has 1 aliphatic rings. The zero-order chi connectivity index (χ0) is 21.2. The minimum Gasteiger partial charge on any atom is -0.378 e. The molecule has 0 atom stereocenters. The first kappa shape index (κ1) is 19.3. The van der Waals surface area contributed by atoms with E-state index >= 15 is 0 Å². The number of anilines is 1. The maximum atomic E-state index is 14.4. The Kier molecular flexibility index (Phi) is 5.13. The van der Waals surface area contributed by atoms with E-state index in [1.807, 2.05) is 4.90 Å². The number of hydrogen-bond acceptors (Lipinski definition) is 7. The summed E-state index contributed by atoms with van der Waals surface area (Å²) in [6.45, 7) is 2.27. The van der Waals surface area contributed by atoms with Gasteiger partial charge in [-0.2, -0.15) is 5.10 Å². The van der Waals surface area contributed by atoms with Crippen LogP contribution in [-0.4, -0.2) is 51.2 Å². The van der Waals surface area contributed by atoms with Crippen molar-refractivity contribution in [1.82, 2.24) is 24.9 Å². The highest BCUT2D eigenvalue weighted by molar-refractivity contribution is 5.63. The summed E-state index contributed by atoms with van der Waals surface area (Å²) in [5.41, 5.74) is 2.03. The maximum absolute atomic E-state index is 14.4. The molecular formula is C21H18F2N6O2. The van der Waals surface area contributed by atoms with E-state index < -0.39 is 5.82 Å². The largest absolute Gasteiger partial charge is 0.378 e. The second kappa shape index (κ2) is 8.23. The summed E-state index contributed by atoms with van der Waals surface area (Å²) in [6, 6.07) is 9.89. The lowest BCUT2D eigenvalue weighted by molar-refractivity contribution is 0.122. The molecule has 0 bridgehead atoms. The van der Waals surface area contributed by atoms with E-state index in [4.69, 9.17) is 9.26 Å². The summed E-state index contributed by atoms with van der Waals surface area (Å²) >= 11 is 0. The summed E-state index contributed by atoms with van der Waals surface area (Å²) in [7, 11) is 0. The Bertz CT molecular complexity index is 1190. The van der Waals surface area contributed by atoms with Crippen LogP contribution in [0.4, 0.5) is 14.6 Å². The van der Waals surface area contributed by atoms with E-state index in [0.717, 1.165) is 6.20 Å². The van der Waals surface area contributed by atoms with Crippen molar-refractivity contribution < 1.29 is 18.0 Å². The molecule has 158 valence electrons. The van der Waals surface area contributed by atoms with Crippen LogP contribution in [0.15, 0.2) is 53.4 Å². The number of morpholine rings is 1. The zero-order valence-corrected chi connectivity index (χ0v) is 16.4. The molecule has 0 radical (unpaired) electrons. The molecule has 1 saturated heterocycles. The number of halogens is 2. The summed E-state index contributed by atoms with van der Waals surface area (Å²) in [5.74, 6) is -0.369. The highest BCUT2D eigenvalue weighted by Gasteiger charge is 2.21. The average molecular weight is 424 g/mol. The van der Waals surface area contributed by atoms with Crippen LogP contribution in [0.25, 0.3) is 22.9 Å². The van der Waals surface area contributed by atoms with Gasteiger partial charge in [-0.25, -0.2) is 18.7 Å². The Morgan fingerprint density at radius 1 is 1.00 bits per heavy atom. The van der Waals surface area contributed by atoms with Crippen LogP contribution in [0.2, 0.25) is 0 Å². The lowest BCUT2D eigenvalue weighted by Crippen LogP contribution is -2.37. The lowest BCUT2D eigenvalue weighted by atomic mass is 10.2. The first-order chi connectivity index (χ1) is 15.2. The van der Waals surface area contributed by atoms with Crippen molar-refractivity contribution >= 4 is 5.82 Å². The van der Waals surface area contributed by atoms with E-state index in [9.17, 15) is 8.78 Å². The molecule has 4 heterocycles. The van der Waals surface area contributed by atoms with Gasteiger partial charge in [0, 0.05) is 24.7 Å². The molecule has 1 aromatic carbocycles. The molecule has 0 saturated carbocycles. The van der Waals surface area contributed by atoms with Gasteiger partial charge in [0.2, 0.25) is 0 Å². The van der Waals surface area contributed by atoms with Gasteiger partial charge in [-0.05, 0) is 12.1 Å². The number of nitrogens with zero attached hydrogens (tertiary/aromatic N) is 6. The van der Waals surface area contributed by atoms with Crippen LogP contribution >= 0.6 is 0 Å². The third kappa shape index (κ3) is 3.89. The maximum Gasteiger partial charge on any atom is 0.183 e. The van der Waals surface area contributed by atoms with Gasteiger partial charge in [-0.3, -0.25) is 4.68 Å². The van der Waals surface area contributed by atoms with Gasteiger partial charge in [-0.1, -0.05) is 23.4 Å². The van der Waals surface area contributed by atoms with Crippen LogP contribution in [0.5, 0.6) is 0 Å². The Hall–Kier alpha value is -3.66. The van der Waals surface area contributed by atoms with Gasteiger partial charge in [0.1, 0.15) is 23.5 Å². The summed E-state index contributed by atoms with van der Waals surface area (Å²) in [6.07, 6.45) is 2.58. The van der Waals surface area contributed by atoms with Crippen LogP contribution in [0.3, 0.4) is 0 Å². The van der Waals surface area contributed by atoms with Gasteiger partial charge in [0.15, 0.2) is 17.5 Å². The van der Waals surface area contributed by atoms with Crippen LogP contribution in [-0.2, 0) is 11.3 Å². The van der Waals surface area contributed by atoms with Crippen molar-refractivity contribution in [1.29, 1.82) is 0 Å². The summed E-state index contributed by atoms with van der Waals surface area (Å²) in [4.78, 5) is 10.4. The SMILES string of the molecule is Fc1ccccc1Cn1nc(-c2ncc(F)c(N3CCOCC3)n2)cc1-c1ccon1. The third-order valence-corrected chi connectivity index (χ3v) is 5.02. The fraction of sp³-hybridized carbons (Fsp3) is 0.238. The van der Waals surface area contributed by atoms with Crippen molar-refractivity contribution in [2.24, 2.45) is 0 Å². The predicted molar refractivity (Wildman–Crippen MR) is 107 cm³/mol. The van der Waals surface area contributed by atoms with E-state index in [2.05, 4.69) is 20.2 Å². The van der Waals surface area contributed by atoms with Crippen molar-refractivity contribution in [2.75, 3.05) is 31.2 Å². The predicted octanol–water partition coefficient (Wildman–Crippen LogP) is 3.16. The smallest absolute Gasteiger partial charge is 0.183 e. The van der Waals surface area contributed by atoms with Crippen LogP contribution < -0.4 is 4.90 Å². The second-order valence-corrected chi connectivity index (χ2v) is 7.01. The molecule has 31 heavy (non-hydrogen) atoms. The molecule has 5 rings (SSSR count). The Balaban J connectivity index is 1.55. The Labute approximate surface area is 176 Å². The van der Waals surface area contributed by atoms with E-state index in [1.165, 1.54) is 12.3 Å². The topological polar surface area (TPSA) is 82.1 Å². The fourth-order valence-electron chi connectivity index (χ4n) is 3.46.